The predicted octanol–water partition coefficient (Wildman–Crippen LogP) is 1.62. The second-order valence-corrected chi connectivity index (χ2v) is 7.18. The zero-order chi connectivity index (χ0) is 14.9. The quantitative estimate of drug-likeness (QED) is 0.917. The van der Waals surface area contributed by atoms with Gasteiger partial charge in [0.25, 0.3) is 10.2 Å². The molecule has 0 bridgehead atoms. The molecule has 2 aliphatic rings. The highest BCUT2D eigenvalue weighted by molar-refractivity contribution is 7.87. The fourth-order valence-corrected chi connectivity index (χ4v) is 4.20. The van der Waals surface area contributed by atoms with Crippen LogP contribution in [-0.4, -0.2) is 32.1 Å². The van der Waals surface area contributed by atoms with Crippen LogP contribution in [0, 0.1) is 0 Å². The molecule has 116 valence electrons. The summed E-state index contributed by atoms with van der Waals surface area (Å²) in [5.74, 6) is 1.37. The molecule has 0 aliphatic carbocycles. The first-order chi connectivity index (χ1) is 10.1. The van der Waals surface area contributed by atoms with Gasteiger partial charge in [-0.05, 0) is 37.5 Å². The van der Waals surface area contributed by atoms with Gasteiger partial charge in [0.05, 0.1) is 0 Å². The van der Waals surface area contributed by atoms with Crippen molar-refractivity contribution in [3.63, 3.8) is 0 Å². The summed E-state index contributed by atoms with van der Waals surface area (Å²) in [6, 6.07) is 5.52. The van der Waals surface area contributed by atoms with Crippen LogP contribution in [0.4, 0.5) is 0 Å². The van der Waals surface area contributed by atoms with Crippen molar-refractivity contribution in [3.8, 4) is 11.5 Å². The van der Waals surface area contributed by atoms with Crippen LogP contribution in [0.15, 0.2) is 18.2 Å². The van der Waals surface area contributed by atoms with E-state index in [4.69, 9.17) is 9.47 Å². The summed E-state index contributed by atoms with van der Waals surface area (Å²) in [4.78, 5) is 0. The Labute approximate surface area is 125 Å². The zero-order valence-electron chi connectivity index (χ0n) is 12.0. The molecule has 1 N–H and O–H groups in total. The van der Waals surface area contributed by atoms with Gasteiger partial charge in [0.1, 0.15) is 0 Å². The van der Waals surface area contributed by atoms with Gasteiger partial charge >= 0.3 is 0 Å². The third kappa shape index (κ3) is 3.14. The number of piperidine rings is 1. The smallest absolute Gasteiger partial charge is 0.279 e. The molecule has 1 atom stereocenters. The molecule has 3 rings (SSSR count). The third-order valence-corrected chi connectivity index (χ3v) is 5.62. The highest BCUT2D eigenvalue weighted by Gasteiger charge is 2.29. The summed E-state index contributed by atoms with van der Waals surface area (Å²) in [6.45, 7) is 3.02. The molecule has 6 nitrogen and oxygen atoms in total. The van der Waals surface area contributed by atoms with Gasteiger partial charge in [-0.1, -0.05) is 12.5 Å². The normalized spacial score (nSPS) is 22.4. The van der Waals surface area contributed by atoms with E-state index in [1.54, 1.807) is 10.4 Å². The van der Waals surface area contributed by atoms with Crippen LogP contribution >= 0.6 is 0 Å². The molecule has 1 fully saturated rings. The van der Waals surface area contributed by atoms with Crippen molar-refractivity contribution < 1.29 is 17.9 Å². The molecule has 2 aliphatic heterocycles. The van der Waals surface area contributed by atoms with E-state index in [0.29, 0.717) is 18.0 Å². The van der Waals surface area contributed by atoms with Gasteiger partial charge in [0, 0.05) is 19.1 Å². The summed E-state index contributed by atoms with van der Waals surface area (Å²) in [5.41, 5.74) is 0.854. The van der Waals surface area contributed by atoms with Crippen LogP contribution in [0.1, 0.15) is 31.7 Å². The van der Waals surface area contributed by atoms with Crippen molar-refractivity contribution >= 4 is 10.2 Å². The van der Waals surface area contributed by atoms with Crippen molar-refractivity contribution in [2.45, 2.75) is 38.8 Å². The maximum Gasteiger partial charge on any atom is 0.279 e. The van der Waals surface area contributed by atoms with Gasteiger partial charge in [-0.25, -0.2) is 0 Å². The summed E-state index contributed by atoms with van der Waals surface area (Å²) in [6.07, 6.45) is 2.94. The van der Waals surface area contributed by atoms with Gasteiger partial charge in [0.2, 0.25) is 6.79 Å². The number of fused-ring (bicyclic) bond motifs is 1. The minimum absolute atomic E-state index is 0.0630. The van der Waals surface area contributed by atoms with E-state index in [0.717, 1.165) is 24.8 Å². The highest BCUT2D eigenvalue weighted by atomic mass is 32.2. The van der Waals surface area contributed by atoms with E-state index >= 15 is 0 Å². The lowest BCUT2D eigenvalue weighted by Crippen LogP contribution is -2.47. The summed E-state index contributed by atoms with van der Waals surface area (Å²) in [5, 5.41) is 0. The van der Waals surface area contributed by atoms with Crippen LogP contribution in [0.2, 0.25) is 0 Å². The van der Waals surface area contributed by atoms with Gasteiger partial charge in [0.15, 0.2) is 11.5 Å². The van der Waals surface area contributed by atoms with E-state index in [2.05, 4.69) is 4.72 Å². The van der Waals surface area contributed by atoms with Crippen LogP contribution in [0.25, 0.3) is 0 Å². The fraction of sp³-hybridized carbons (Fsp3) is 0.571. The highest BCUT2D eigenvalue weighted by Crippen LogP contribution is 2.32. The first kappa shape index (κ1) is 14.6. The first-order valence-electron chi connectivity index (χ1n) is 7.21. The zero-order valence-corrected chi connectivity index (χ0v) is 12.9. The Morgan fingerprint density at radius 1 is 1.29 bits per heavy atom. The summed E-state index contributed by atoms with van der Waals surface area (Å²) < 4.78 is 39.5. The van der Waals surface area contributed by atoms with Crippen molar-refractivity contribution in [1.82, 2.24) is 9.03 Å². The van der Waals surface area contributed by atoms with Crippen molar-refractivity contribution in [2.75, 3.05) is 13.3 Å². The first-order valence-corrected chi connectivity index (χ1v) is 8.65. The van der Waals surface area contributed by atoms with Crippen LogP contribution in [0.5, 0.6) is 11.5 Å². The summed E-state index contributed by atoms with van der Waals surface area (Å²) >= 11 is 0. The van der Waals surface area contributed by atoms with Crippen molar-refractivity contribution in [3.05, 3.63) is 23.8 Å². The van der Waals surface area contributed by atoms with Crippen LogP contribution in [-0.2, 0) is 16.8 Å². The molecule has 1 aromatic carbocycles. The second-order valence-electron chi connectivity index (χ2n) is 5.47. The number of ether oxygens (including phenoxy) is 2. The second kappa shape index (κ2) is 5.82. The molecular weight excluding hydrogens is 292 g/mol. The Hall–Kier alpha value is -1.31. The molecular formula is C14H20N2O4S. The fourth-order valence-electron chi connectivity index (χ4n) is 2.74. The van der Waals surface area contributed by atoms with Crippen LogP contribution in [0.3, 0.4) is 0 Å². The van der Waals surface area contributed by atoms with Gasteiger partial charge in [-0.2, -0.15) is 17.4 Å². The number of nitrogens with one attached hydrogen (secondary N) is 1. The summed E-state index contributed by atoms with van der Waals surface area (Å²) in [7, 11) is -3.43. The monoisotopic (exact) mass is 312 g/mol. The Morgan fingerprint density at radius 3 is 2.90 bits per heavy atom. The van der Waals surface area contributed by atoms with E-state index in [-0.39, 0.29) is 19.4 Å². The van der Waals surface area contributed by atoms with E-state index in [1.807, 2.05) is 19.1 Å². The van der Waals surface area contributed by atoms with Gasteiger partial charge in [-0.3, -0.25) is 0 Å². The molecule has 1 unspecified atom stereocenters. The van der Waals surface area contributed by atoms with Crippen LogP contribution < -0.4 is 14.2 Å². The minimum Gasteiger partial charge on any atom is -0.454 e. The molecule has 0 radical (unpaired) electrons. The molecule has 21 heavy (non-hydrogen) atoms. The largest absolute Gasteiger partial charge is 0.454 e. The number of hydrogen-bond donors (Lipinski definition) is 1. The Bertz CT molecular complexity index is 617. The number of hydrogen-bond acceptors (Lipinski definition) is 4. The van der Waals surface area contributed by atoms with E-state index in [1.165, 1.54) is 0 Å². The lowest BCUT2D eigenvalue weighted by molar-refractivity contribution is 0.174. The maximum atomic E-state index is 12.4. The molecule has 0 spiro atoms. The van der Waals surface area contributed by atoms with E-state index in [9.17, 15) is 8.42 Å². The minimum atomic E-state index is -3.43. The molecule has 2 heterocycles. The van der Waals surface area contributed by atoms with Gasteiger partial charge in [-0.15, -0.1) is 0 Å². The number of benzene rings is 1. The topological polar surface area (TPSA) is 67.9 Å². The predicted molar refractivity (Wildman–Crippen MR) is 78.3 cm³/mol. The van der Waals surface area contributed by atoms with Crippen molar-refractivity contribution in [2.24, 2.45) is 0 Å². The average Bonchev–Trinajstić information content (AvgIpc) is 2.93. The van der Waals surface area contributed by atoms with Gasteiger partial charge < -0.3 is 9.47 Å². The Morgan fingerprint density at radius 2 is 2.10 bits per heavy atom. The standard InChI is InChI=1S/C14H20N2O4S/c1-11-4-2-3-7-16(11)21(17,18)15-9-12-5-6-13-14(8-12)20-10-19-13/h5-6,8,11,15H,2-4,7,9-10H2,1H3. The average molecular weight is 312 g/mol. The van der Waals surface area contributed by atoms with Crippen molar-refractivity contribution in [1.29, 1.82) is 0 Å². The molecule has 0 amide bonds. The lowest BCUT2D eigenvalue weighted by Gasteiger charge is -2.32. The Kier molecular flexibility index (Phi) is 4.05. The molecule has 7 heteroatoms. The lowest BCUT2D eigenvalue weighted by atomic mass is 10.1. The molecule has 1 aromatic rings. The third-order valence-electron chi connectivity index (χ3n) is 3.95. The molecule has 0 saturated carbocycles. The SMILES string of the molecule is CC1CCCCN1S(=O)(=O)NCc1ccc2c(c1)OCO2. The number of rotatable bonds is 4. The Balaban J connectivity index is 1.66. The van der Waals surface area contributed by atoms with E-state index < -0.39 is 10.2 Å². The number of nitrogens with zero attached hydrogens (tertiary/aromatic N) is 1. The molecule has 0 aromatic heterocycles. The molecule has 1 saturated heterocycles. The maximum absolute atomic E-state index is 12.4.